The van der Waals surface area contributed by atoms with Gasteiger partial charge in [0.05, 0.1) is 17.7 Å². The molecule has 0 aliphatic rings. The minimum atomic E-state index is 0.616. The number of pyridine rings is 1. The number of nitrogens with two attached hydrogens (primary N) is 1. The highest BCUT2D eigenvalue weighted by Gasteiger charge is 2.07. The Kier molecular flexibility index (Phi) is 3.36. The molecule has 102 valence electrons. The number of rotatable bonds is 3. The molecule has 3 N–H and O–H groups in total. The molecule has 4 nitrogen and oxygen atoms in total. The summed E-state index contributed by atoms with van der Waals surface area (Å²) in [6.07, 6.45) is 1.77. The van der Waals surface area contributed by atoms with E-state index in [2.05, 4.69) is 26.2 Å². The van der Waals surface area contributed by atoms with E-state index in [0.29, 0.717) is 12.2 Å². The first-order valence-corrected chi connectivity index (χ1v) is 7.06. The third kappa shape index (κ3) is 2.49. The molecule has 0 amide bonds. The van der Waals surface area contributed by atoms with Crippen molar-refractivity contribution in [1.82, 2.24) is 4.98 Å². The molecular weight excluding hydrogens is 318 g/mol. The molecule has 0 spiro atoms. The molecule has 0 bridgehead atoms. The number of nitrogens with one attached hydrogen (secondary N) is 1. The topological polar surface area (TPSA) is 64.1 Å². The van der Waals surface area contributed by atoms with Crippen LogP contribution in [-0.4, -0.2) is 4.98 Å². The number of anilines is 2. The summed E-state index contributed by atoms with van der Waals surface area (Å²) >= 11 is 3.42. The van der Waals surface area contributed by atoms with Gasteiger partial charge in [-0.05, 0) is 53.2 Å². The van der Waals surface area contributed by atoms with Crippen LogP contribution < -0.4 is 11.1 Å². The van der Waals surface area contributed by atoms with E-state index in [4.69, 9.17) is 10.2 Å². The third-order valence-corrected chi connectivity index (χ3v) is 3.53. The third-order valence-electron chi connectivity index (χ3n) is 3.10. The van der Waals surface area contributed by atoms with Crippen LogP contribution in [0.25, 0.3) is 10.9 Å². The molecule has 0 saturated carbocycles. The molecule has 0 aliphatic carbocycles. The summed E-state index contributed by atoms with van der Waals surface area (Å²) in [4.78, 5) is 4.44. The fraction of sp³-hybridized carbons (Fsp3) is 0.133. The number of aromatic nitrogens is 1. The Morgan fingerprint density at radius 3 is 2.90 bits per heavy atom. The molecule has 20 heavy (non-hydrogen) atoms. The maximum Gasteiger partial charge on any atom is 0.123 e. The summed E-state index contributed by atoms with van der Waals surface area (Å²) in [5, 5.41) is 4.27. The molecule has 3 aromatic rings. The first-order valence-electron chi connectivity index (χ1n) is 6.26. The Morgan fingerprint density at radius 2 is 2.15 bits per heavy atom. The number of benzene rings is 1. The lowest BCUT2D eigenvalue weighted by molar-refractivity contribution is 0.490. The fourth-order valence-corrected chi connectivity index (χ4v) is 2.45. The zero-order valence-corrected chi connectivity index (χ0v) is 12.6. The van der Waals surface area contributed by atoms with Gasteiger partial charge in [-0.2, -0.15) is 0 Å². The Hall–Kier alpha value is -2.01. The lowest BCUT2D eigenvalue weighted by Gasteiger charge is -2.10. The van der Waals surface area contributed by atoms with Crippen molar-refractivity contribution in [2.24, 2.45) is 0 Å². The summed E-state index contributed by atoms with van der Waals surface area (Å²) < 4.78 is 6.46. The maximum atomic E-state index is 6.00. The first kappa shape index (κ1) is 13.0. The number of hydrogen-bond donors (Lipinski definition) is 2. The van der Waals surface area contributed by atoms with Gasteiger partial charge in [-0.15, -0.1) is 0 Å². The van der Waals surface area contributed by atoms with E-state index in [0.717, 1.165) is 32.6 Å². The highest BCUT2D eigenvalue weighted by molar-refractivity contribution is 9.10. The van der Waals surface area contributed by atoms with E-state index in [1.54, 1.807) is 6.20 Å². The molecule has 0 saturated heterocycles. The summed E-state index contributed by atoms with van der Waals surface area (Å²) in [5.74, 6) is 1.80. The van der Waals surface area contributed by atoms with Crippen molar-refractivity contribution in [2.75, 3.05) is 11.1 Å². The zero-order chi connectivity index (χ0) is 14.1. The van der Waals surface area contributed by atoms with E-state index in [9.17, 15) is 0 Å². The first-order chi connectivity index (χ1) is 9.63. The van der Waals surface area contributed by atoms with E-state index < -0.39 is 0 Å². The SMILES string of the molecule is Cc1ccc(CNc2ccc(N)c3cc(Br)cnc23)o1. The lowest BCUT2D eigenvalue weighted by atomic mass is 10.1. The van der Waals surface area contributed by atoms with Crippen molar-refractivity contribution in [1.29, 1.82) is 0 Å². The second kappa shape index (κ2) is 5.17. The van der Waals surface area contributed by atoms with Gasteiger partial charge in [-0.25, -0.2) is 0 Å². The fourth-order valence-electron chi connectivity index (χ4n) is 2.12. The van der Waals surface area contributed by atoms with Crippen LogP contribution in [0.5, 0.6) is 0 Å². The van der Waals surface area contributed by atoms with Crippen molar-refractivity contribution in [3.05, 3.63) is 52.5 Å². The molecular formula is C15H14BrN3O. The Morgan fingerprint density at radius 1 is 1.30 bits per heavy atom. The van der Waals surface area contributed by atoms with Crippen LogP contribution >= 0.6 is 15.9 Å². The van der Waals surface area contributed by atoms with E-state index in [-0.39, 0.29) is 0 Å². The van der Waals surface area contributed by atoms with Gasteiger partial charge in [0.1, 0.15) is 11.5 Å². The van der Waals surface area contributed by atoms with Crippen LogP contribution in [0, 0.1) is 6.92 Å². The lowest BCUT2D eigenvalue weighted by Crippen LogP contribution is -2.00. The highest BCUT2D eigenvalue weighted by atomic mass is 79.9. The molecule has 0 atom stereocenters. The van der Waals surface area contributed by atoms with Crippen LogP contribution in [0.2, 0.25) is 0 Å². The van der Waals surface area contributed by atoms with Crippen LogP contribution in [0.3, 0.4) is 0 Å². The minimum Gasteiger partial charge on any atom is -0.465 e. The molecule has 0 aliphatic heterocycles. The number of hydrogen-bond acceptors (Lipinski definition) is 4. The minimum absolute atomic E-state index is 0.616. The van der Waals surface area contributed by atoms with Gasteiger partial charge < -0.3 is 15.5 Å². The number of furan rings is 1. The normalized spacial score (nSPS) is 10.9. The Labute approximate surface area is 125 Å². The van der Waals surface area contributed by atoms with Crippen molar-refractivity contribution >= 4 is 38.2 Å². The average molecular weight is 332 g/mol. The molecule has 0 unspecified atom stereocenters. The Balaban J connectivity index is 1.93. The number of aryl methyl sites for hydroxylation is 1. The summed E-state index contributed by atoms with van der Waals surface area (Å²) in [6, 6.07) is 9.71. The monoisotopic (exact) mass is 331 g/mol. The number of nitrogens with zero attached hydrogens (tertiary/aromatic N) is 1. The predicted octanol–water partition coefficient (Wildman–Crippen LogP) is 4.09. The molecule has 0 radical (unpaired) electrons. The van der Waals surface area contributed by atoms with Gasteiger partial charge in [-0.1, -0.05) is 0 Å². The largest absolute Gasteiger partial charge is 0.465 e. The summed E-state index contributed by atoms with van der Waals surface area (Å²) in [6.45, 7) is 2.55. The number of fused-ring (bicyclic) bond motifs is 1. The highest BCUT2D eigenvalue weighted by Crippen LogP contribution is 2.29. The molecule has 2 heterocycles. The van der Waals surface area contributed by atoms with Crippen LogP contribution in [-0.2, 0) is 6.54 Å². The van der Waals surface area contributed by atoms with Crippen LogP contribution in [0.4, 0.5) is 11.4 Å². The molecule has 5 heteroatoms. The van der Waals surface area contributed by atoms with Crippen LogP contribution in [0.15, 0.2) is 45.4 Å². The van der Waals surface area contributed by atoms with Crippen LogP contribution in [0.1, 0.15) is 11.5 Å². The maximum absolute atomic E-state index is 6.00. The van der Waals surface area contributed by atoms with Gasteiger partial charge in [0.15, 0.2) is 0 Å². The smallest absolute Gasteiger partial charge is 0.123 e. The quantitative estimate of drug-likeness (QED) is 0.709. The number of halogens is 1. The molecule has 3 rings (SSSR count). The molecule has 2 aromatic heterocycles. The van der Waals surface area contributed by atoms with E-state index in [1.807, 2.05) is 37.3 Å². The average Bonchev–Trinajstić information content (AvgIpc) is 2.84. The second-order valence-electron chi connectivity index (χ2n) is 4.62. The number of nitrogen functional groups attached to an aromatic ring is 1. The van der Waals surface area contributed by atoms with Gasteiger partial charge >= 0.3 is 0 Å². The standard InChI is InChI=1S/C15H14BrN3O/c1-9-2-3-11(20-9)8-18-14-5-4-13(17)12-6-10(16)7-19-15(12)14/h2-7,18H,8,17H2,1H3. The van der Waals surface area contributed by atoms with Gasteiger partial charge in [0.25, 0.3) is 0 Å². The summed E-state index contributed by atoms with van der Waals surface area (Å²) in [7, 11) is 0. The zero-order valence-electron chi connectivity index (χ0n) is 11.0. The molecule has 1 aromatic carbocycles. The van der Waals surface area contributed by atoms with Crippen molar-refractivity contribution in [3.8, 4) is 0 Å². The summed E-state index contributed by atoms with van der Waals surface area (Å²) in [5.41, 5.74) is 8.51. The van der Waals surface area contributed by atoms with Crippen molar-refractivity contribution in [3.63, 3.8) is 0 Å². The van der Waals surface area contributed by atoms with Gasteiger partial charge in [0, 0.05) is 21.7 Å². The van der Waals surface area contributed by atoms with Crippen molar-refractivity contribution in [2.45, 2.75) is 13.5 Å². The predicted molar refractivity (Wildman–Crippen MR) is 84.6 cm³/mol. The van der Waals surface area contributed by atoms with Gasteiger partial charge in [0.2, 0.25) is 0 Å². The Bertz CT molecular complexity index is 767. The molecule has 0 fully saturated rings. The van der Waals surface area contributed by atoms with E-state index >= 15 is 0 Å². The van der Waals surface area contributed by atoms with E-state index in [1.165, 1.54) is 0 Å². The van der Waals surface area contributed by atoms with Gasteiger partial charge in [-0.3, -0.25) is 4.98 Å². The van der Waals surface area contributed by atoms with Crippen molar-refractivity contribution < 1.29 is 4.42 Å². The second-order valence-corrected chi connectivity index (χ2v) is 5.53.